The fourth-order valence-electron chi connectivity index (χ4n) is 2.88. The number of methoxy groups -OCH3 is 1. The maximum Gasteiger partial charge on any atom is 0.184 e. The highest BCUT2D eigenvalue weighted by Crippen LogP contribution is 2.26. The van der Waals surface area contributed by atoms with Crippen LogP contribution in [0, 0.1) is 23.6 Å². The maximum atomic E-state index is 13.1. The van der Waals surface area contributed by atoms with Crippen molar-refractivity contribution in [3.05, 3.63) is 57.1 Å². The van der Waals surface area contributed by atoms with E-state index in [-0.39, 0.29) is 17.4 Å². The molecule has 0 saturated heterocycles. The predicted octanol–water partition coefficient (Wildman–Crippen LogP) is 4.84. The second kappa shape index (κ2) is 9.13. The number of aromatic nitrogens is 3. The van der Waals surface area contributed by atoms with Gasteiger partial charge in [-0.15, -0.1) is 5.10 Å². The number of hydrogen-bond acceptors (Lipinski definition) is 6. The third kappa shape index (κ3) is 4.60. The summed E-state index contributed by atoms with van der Waals surface area (Å²) >= 11 is 8.05. The average molecular weight is 438 g/mol. The molecule has 0 radical (unpaired) electrons. The van der Waals surface area contributed by atoms with Gasteiger partial charge in [-0.1, -0.05) is 23.1 Å². The first-order valence-electron chi connectivity index (χ1n) is 8.58. The summed E-state index contributed by atoms with van der Waals surface area (Å²) < 4.78 is 23.2. The zero-order chi connectivity index (χ0) is 20.3. The number of carbonyl (C=O) groups is 1. The number of carbonyl (C=O) groups excluding carboxylic acids is 1. The molecule has 0 N–H and O–H groups in total. The van der Waals surface area contributed by atoms with Crippen molar-refractivity contribution in [2.75, 3.05) is 19.5 Å². The second-order valence-corrected chi connectivity index (χ2v) is 9.01. The van der Waals surface area contributed by atoms with Crippen molar-refractivity contribution in [2.24, 2.45) is 0 Å². The minimum absolute atomic E-state index is 0.0521. The van der Waals surface area contributed by atoms with Crippen LogP contribution in [0.2, 0.25) is 0 Å². The number of nitrogens with zero attached hydrogens (tertiary/aromatic N) is 3. The minimum Gasteiger partial charge on any atom is -0.383 e. The van der Waals surface area contributed by atoms with Gasteiger partial charge in [0.1, 0.15) is 5.82 Å². The molecule has 0 spiro atoms. The van der Waals surface area contributed by atoms with Gasteiger partial charge in [-0.2, -0.15) is 0 Å². The van der Waals surface area contributed by atoms with Crippen molar-refractivity contribution in [1.82, 2.24) is 14.3 Å². The van der Waals surface area contributed by atoms with E-state index in [1.54, 1.807) is 23.9 Å². The van der Waals surface area contributed by atoms with E-state index in [1.807, 2.05) is 19.9 Å². The molecule has 2 heterocycles. The first-order valence-corrected chi connectivity index (χ1v) is 10.8. The molecule has 2 aromatic heterocycles. The molecule has 0 aliphatic carbocycles. The lowest BCUT2D eigenvalue weighted by Gasteiger charge is -2.08. The van der Waals surface area contributed by atoms with Gasteiger partial charge in [-0.05, 0) is 56.4 Å². The third-order valence-electron chi connectivity index (χ3n) is 4.32. The highest BCUT2D eigenvalue weighted by Gasteiger charge is 2.17. The quantitative estimate of drug-likeness (QED) is 0.287. The number of halogens is 1. The van der Waals surface area contributed by atoms with E-state index in [4.69, 9.17) is 17.0 Å². The topological polar surface area (TPSA) is 49.1 Å². The number of Topliss-reactive ketones (excluding diaryl/α,β-unsaturated/α-hetero) is 1. The summed E-state index contributed by atoms with van der Waals surface area (Å²) in [6.07, 6.45) is 0. The van der Waals surface area contributed by atoms with E-state index in [0.29, 0.717) is 20.6 Å². The molecular formula is C19H20FN3O2S3. The standard InChI is InChI=1S/C19H20FN3O2S3/c1-12-10-16(13(2)22(12)8-9-25-3)17(24)11-27-18-21-23(19(26)28-18)15-6-4-14(20)5-7-15/h4-7,10H,8-9,11H2,1-3H3. The number of rotatable bonds is 8. The fraction of sp³-hybridized carbons (Fsp3) is 0.316. The van der Waals surface area contributed by atoms with Gasteiger partial charge in [0, 0.05) is 30.6 Å². The predicted molar refractivity (Wildman–Crippen MR) is 113 cm³/mol. The Morgan fingerprint density at radius 2 is 2.04 bits per heavy atom. The van der Waals surface area contributed by atoms with Gasteiger partial charge in [-0.3, -0.25) is 4.79 Å². The monoisotopic (exact) mass is 437 g/mol. The molecule has 148 valence electrons. The van der Waals surface area contributed by atoms with E-state index in [9.17, 15) is 9.18 Å². The molecule has 0 unspecified atom stereocenters. The summed E-state index contributed by atoms with van der Waals surface area (Å²) in [5.74, 6) is 0.0188. The van der Waals surface area contributed by atoms with E-state index >= 15 is 0 Å². The number of hydrogen-bond donors (Lipinski definition) is 0. The highest BCUT2D eigenvalue weighted by atomic mass is 32.2. The summed E-state index contributed by atoms with van der Waals surface area (Å²) in [5, 5.41) is 4.46. The van der Waals surface area contributed by atoms with Crippen molar-refractivity contribution in [2.45, 2.75) is 24.7 Å². The summed E-state index contributed by atoms with van der Waals surface area (Å²) in [4.78, 5) is 12.7. The zero-order valence-electron chi connectivity index (χ0n) is 15.8. The Hall–Kier alpha value is -1.81. The van der Waals surface area contributed by atoms with Crippen molar-refractivity contribution in [3.63, 3.8) is 0 Å². The van der Waals surface area contributed by atoms with Crippen molar-refractivity contribution >= 4 is 41.1 Å². The molecule has 0 fully saturated rings. The number of thioether (sulfide) groups is 1. The SMILES string of the molecule is COCCn1c(C)cc(C(=O)CSc2nn(-c3ccc(F)cc3)c(=S)s2)c1C. The maximum absolute atomic E-state index is 13.1. The van der Waals surface area contributed by atoms with Gasteiger partial charge in [0.05, 0.1) is 18.0 Å². The van der Waals surface area contributed by atoms with Crippen LogP contribution in [-0.2, 0) is 11.3 Å². The Morgan fingerprint density at radius 3 is 2.71 bits per heavy atom. The first-order chi connectivity index (χ1) is 13.4. The zero-order valence-corrected chi connectivity index (χ0v) is 18.2. The van der Waals surface area contributed by atoms with Crippen LogP contribution in [0.1, 0.15) is 21.7 Å². The molecule has 0 saturated carbocycles. The Morgan fingerprint density at radius 1 is 1.32 bits per heavy atom. The smallest absolute Gasteiger partial charge is 0.184 e. The van der Waals surface area contributed by atoms with Crippen LogP contribution < -0.4 is 0 Å². The summed E-state index contributed by atoms with van der Waals surface area (Å²) in [7, 11) is 1.66. The minimum atomic E-state index is -0.311. The van der Waals surface area contributed by atoms with Crippen LogP contribution >= 0.6 is 35.3 Å². The number of aryl methyl sites for hydroxylation is 1. The Kier molecular flexibility index (Phi) is 6.82. The van der Waals surface area contributed by atoms with Gasteiger partial charge >= 0.3 is 0 Å². The van der Waals surface area contributed by atoms with Crippen LogP contribution in [0.25, 0.3) is 5.69 Å². The highest BCUT2D eigenvalue weighted by molar-refractivity contribution is 8.01. The lowest BCUT2D eigenvalue weighted by atomic mass is 10.2. The lowest BCUT2D eigenvalue weighted by molar-refractivity contribution is 0.102. The van der Waals surface area contributed by atoms with Gasteiger partial charge < -0.3 is 9.30 Å². The summed E-state index contributed by atoms with van der Waals surface area (Å²) in [6.45, 7) is 5.26. The molecule has 3 aromatic rings. The molecule has 0 atom stereocenters. The average Bonchev–Trinajstić information content (AvgIpc) is 3.18. The molecule has 5 nitrogen and oxygen atoms in total. The Labute approximate surface area is 176 Å². The summed E-state index contributed by atoms with van der Waals surface area (Å²) in [5.41, 5.74) is 3.41. The number of ketones is 1. The van der Waals surface area contributed by atoms with Gasteiger partial charge in [0.25, 0.3) is 0 Å². The van der Waals surface area contributed by atoms with Crippen LogP contribution in [-0.4, -0.2) is 39.6 Å². The lowest BCUT2D eigenvalue weighted by Crippen LogP contribution is -2.09. The fourth-order valence-corrected chi connectivity index (χ4v) is 5.12. The third-order valence-corrected chi connectivity index (χ3v) is 6.69. The van der Waals surface area contributed by atoms with E-state index < -0.39 is 0 Å². The van der Waals surface area contributed by atoms with Crippen LogP contribution in [0.3, 0.4) is 0 Å². The van der Waals surface area contributed by atoms with Crippen LogP contribution in [0.15, 0.2) is 34.7 Å². The number of benzene rings is 1. The molecular weight excluding hydrogens is 417 g/mol. The molecule has 0 aliphatic rings. The van der Waals surface area contributed by atoms with Crippen LogP contribution in [0.5, 0.6) is 0 Å². The van der Waals surface area contributed by atoms with Crippen molar-refractivity contribution < 1.29 is 13.9 Å². The van der Waals surface area contributed by atoms with Crippen molar-refractivity contribution in [1.29, 1.82) is 0 Å². The van der Waals surface area contributed by atoms with E-state index in [0.717, 1.165) is 23.5 Å². The molecule has 0 aliphatic heterocycles. The number of ether oxygens (including phenoxy) is 1. The van der Waals surface area contributed by atoms with Gasteiger partial charge in [0.15, 0.2) is 14.1 Å². The van der Waals surface area contributed by atoms with Gasteiger partial charge in [-0.25, -0.2) is 9.07 Å². The normalized spacial score (nSPS) is 11.1. The summed E-state index contributed by atoms with van der Waals surface area (Å²) in [6, 6.07) is 7.91. The van der Waals surface area contributed by atoms with Crippen LogP contribution in [0.4, 0.5) is 4.39 Å². The Bertz CT molecular complexity index is 1040. The molecule has 28 heavy (non-hydrogen) atoms. The molecule has 3 rings (SSSR count). The molecule has 0 bridgehead atoms. The second-order valence-electron chi connectivity index (χ2n) is 6.16. The first kappa shape index (κ1) is 20.9. The van der Waals surface area contributed by atoms with Crippen molar-refractivity contribution in [3.8, 4) is 5.69 Å². The van der Waals surface area contributed by atoms with E-state index in [2.05, 4.69) is 9.67 Å². The Balaban J connectivity index is 1.71. The van der Waals surface area contributed by atoms with E-state index in [1.165, 1.54) is 35.2 Å². The van der Waals surface area contributed by atoms with Gasteiger partial charge in [0.2, 0.25) is 0 Å². The molecule has 9 heteroatoms. The largest absolute Gasteiger partial charge is 0.383 e. The molecule has 0 amide bonds. The molecule has 1 aromatic carbocycles.